The first kappa shape index (κ1) is 20.8. The normalized spacial score (nSPS) is 11.4. The first-order chi connectivity index (χ1) is 13.6. The highest BCUT2D eigenvalue weighted by atomic mass is 35.5. The summed E-state index contributed by atoms with van der Waals surface area (Å²) in [6.07, 6.45) is 0. The molecule has 0 aliphatic rings. The van der Waals surface area contributed by atoms with Crippen molar-refractivity contribution in [2.75, 3.05) is 0 Å². The van der Waals surface area contributed by atoms with Gasteiger partial charge in [-0.15, -0.1) is 0 Å². The molecule has 0 amide bonds. The van der Waals surface area contributed by atoms with Gasteiger partial charge in [-0.3, -0.25) is 0 Å². The van der Waals surface area contributed by atoms with Crippen molar-refractivity contribution in [2.24, 2.45) is 0 Å². The van der Waals surface area contributed by atoms with E-state index in [4.69, 9.17) is 16.7 Å². The third-order valence-electron chi connectivity index (χ3n) is 4.18. The van der Waals surface area contributed by atoms with E-state index in [1.807, 2.05) is 0 Å². The van der Waals surface area contributed by atoms with E-state index in [1.165, 1.54) is 0 Å². The number of phenolic OH excluding ortho intramolecular Hbond substituents is 1. The average Bonchev–Trinajstić information content (AvgIpc) is 2.66. The number of carboxylic acid groups (broad SMARTS) is 1. The zero-order valence-electron chi connectivity index (χ0n) is 14.6. The summed E-state index contributed by atoms with van der Waals surface area (Å²) in [4.78, 5) is 10.4. The second-order valence-corrected chi connectivity index (χ2v) is 8.52. The predicted molar refractivity (Wildman–Crippen MR) is 103 cm³/mol. The van der Waals surface area contributed by atoms with Gasteiger partial charge in [0.2, 0.25) is 0 Å². The van der Waals surface area contributed by atoms with Crippen LogP contribution in [0.25, 0.3) is 11.1 Å². The van der Waals surface area contributed by atoms with Crippen LogP contribution in [0.5, 0.6) is 5.75 Å². The van der Waals surface area contributed by atoms with Gasteiger partial charge in [-0.05, 0) is 23.8 Å². The van der Waals surface area contributed by atoms with Crippen LogP contribution < -0.4 is 0 Å². The molecule has 0 saturated heterocycles. The molecule has 2 N–H and O–H groups in total. The molecule has 0 unspecified atom stereocenters. The SMILES string of the molecule is O=C(O)c1cc(Cl)c(O)c(S(=O)(=O)Cc2cc(-c3ccccc3)c(F)cc2F)c1. The number of aromatic hydroxyl groups is 1. The van der Waals surface area contributed by atoms with Crippen molar-refractivity contribution < 1.29 is 32.2 Å². The van der Waals surface area contributed by atoms with E-state index in [-0.39, 0.29) is 11.1 Å². The fraction of sp³-hybridized carbons (Fsp3) is 0.0500. The highest BCUT2D eigenvalue weighted by molar-refractivity contribution is 7.90. The van der Waals surface area contributed by atoms with Gasteiger partial charge in [0, 0.05) is 17.2 Å². The lowest BCUT2D eigenvalue weighted by molar-refractivity contribution is 0.0696. The van der Waals surface area contributed by atoms with Crippen LogP contribution in [0.4, 0.5) is 8.78 Å². The number of sulfone groups is 1. The summed E-state index contributed by atoms with van der Waals surface area (Å²) in [6, 6.07) is 11.4. The Hall–Kier alpha value is -2.97. The van der Waals surface area contributed by atoms with Crippen LogP contribution >= 0.6 is 11.6 Å². The number of hydrogen-bond acceptors (Lipinski definition) is 4. The summed E-state index contributed by atoms with van der Waals surface area (Å²) >= 11 is 5.73. The molecule has 0 heterocycles. The van der Waals surface area contributed by atoms with Crippen LogP contribution in [-0.4, -0.2) is 24.6 Å². The van der Waals surface area contributed by atoms with Gasteiger partial charge in [-0.1, -0.05) is 41.9 Å². The molecule has 150 valence electrons. The van der Waals surface area contributed by atoms with E-state index in [1.54, 1.807) is 30.3 Å². The molecule has 0 radical (unpaired) electrons. The summed E-state index contributed by atoms with van der Waals surface area (Å²) in [6.45, 7) is 0. The average molecular weight is 439 g/mol. The number of hydrogen-bond donors (Lipinski definition) is 2. The Kier molecular flexibility index (Phi) is 5.59. The van der Waals surface area contributed by atoms with Gasteiger partial charge in [0.05, 0.1) is 16.3 Å². The molecule has 9 heteroatoms. The first-order valence-corrected chi connectivity index (χ1v) is 10.1. The van der Waals surface area contributed by atoms with Crippen molar-refractivity contribution in [2.45, 2.75) is 10.6 Å². The second kappa shape index (κ2) is 7.81. The van der Waals surface area contributed by atoms with Crippen molar-refractivity contribution in [3.8, 4) is 16.9 Å². The highest BCUT2D eigenvalue weighted by Crippen LogP contribution is 2.35. The largest absolute Gasteiger partial charge is 0.505 e. The minimum Gasteiger partial charge on any atom is -0.505 e. The Morgan fingerprint density at radius 1 is 1.00 bits per heavy atom. The summed E-state index contributed by atoms with van der Waals surface area (Å²) in [5.74, 6) is -5.20. The number of benzene rings is 3. The number of aromatic carboxylic acids is 1. The lowest BCUT2D eigenvalue weighted by Crippen LogP contribution is -2.09. The van der Waals surface area contributed by atoms with Gasteiger partial charge >= 0.3 is 5.97 Å². The Labute approximate surface area is 169 Å². The van der Waals surface area contributed by atoms with Crippen molar-refractivity contribution >= 4 is 27.4 Å². The van der Waals surface area contributed by atoms with Crippen LogP contribution in [0.15, 0.2) is 59.5 Å². The minimum atomic E-state index is -4.42. The summed E-state index contributed by atoms with van der Waals surface area (Å²) in [5, 5.41) is 18.6. The Morgan fingerprint density at radius 3 is 2.28 bits per heavy atom. The zero-order valence-corrected chi connectivity index (χ0v) is 16.1. The van der Waals surface area contributed by atoms with Gasteiger partial charge in [-0.2, -0.15) is 0 Å². The van der Waals surface area contributed by atoms with Crippen molar-refractivity contribution in [1.29, 1.82) is 0 Å². The van der Waals surface area contributed by atoms with Crippen LogP contribution in [0, 0.1) is 11.6 Å². The van der Waals surface area contributed by atoms with Crippen LogP contribution in [0.3, 0.4) is 0 Å². The molecule has 3 rings (SSSR count). The predicted octanol–water partition coefficient (Wildman–Crippen LogP) is 4.66. The highest BCUT2D eigenvalue weighted by Gasteiger charge is 2.26. The lowest BCUT2D eigenvalue weighted by Gasteiger charge is -2.12. The standard InChI is InChI=1S/C20H13ClF2O5S/c21-15-7-12(20(25)26)8-18(19(15)24)29(27,28)10-13-6-14(17(23)9-16(13)22)11-4-2-1-3-5-11/h1-9,24H,10H2,(H,25,26). The Bertz CT molecular complexity index is 1210. The zero-order chi connectivity index (χ0) is 21.3. The smallest absolute Gasteiger partial charge is 0.335 e. The van der Waals surface area contributed by atoms with Crippen molar-refractivity contribution in [1.82, 2.24) is 0 Å². The van der Waals surface area contributed by atoms with E-state index in [0.29, 0.717) is 11.6 Å². The first-order valence-electron chi connectivity index (χ1n) is 8.12. The third-order valence-corrected chi connectivity index (χ3v) is 6.14. The Morgan fingerprint density at radius 2 is 1.66 bits per heavy atom. The van der Waals surface area contributed by atoms with Gasteiger partial charge < -0.3 is 10.2 Å². The molecule has 3 aromatic carbocycles. The minimum absolute atomic E-state index is 0.00117. The molecule has 0 bridgehead atoms. The molecular weight excluding hydrogens is 426 g/mol. The van der Waals surface area contributed by atoms with Gasteiger partial charge in [0.25, 0.3) is 0 Å². The van der Waals surface area contributed by atoms with E-state index in [9.17, 15) is 27.1 Å². The summed E-state index contributed by atoms with van der Waals surface area (Å²) < 4.78 is 54.0. The quantitative estimate of drug-likeness (QED) is 0.604. The number of carboxylic acids is 1. The molecule has 0 fully saturated rings. The fourth-order valence-corrected chi connectivity index (χ4v) is 4.53. The molecule has 0 aliphatic carbocycles. The lowest BCUT2D eigenvalue weighted by atomic mass is 10.0. The number of carbonyl (C=O) groups is 1. The monoisotopic (exact) mass is 438 g/mol. The maximum Gasteiger partial charge on any atom is 0.335 e. The van der Waals surface area contributed by atoms with Crippen LogP contribution in [0.1, 0.15) is 15.9 Å². The van der Waals surface area contributed by atoms with Gasteiger partial charge in [-0.25, -0.2) is 22.0 Å². The van der Waals surface area contributed by atoms with Gasteiger partial charge in [0.1, 0.15) is 16.5 Å². The van der Waals surface area contributed by atoms with Crippen LogP contribution in [-0.2, 0) is 15.6 Å². The maximum atomic E-state index is 14.3. The number of phenols is 1. The fourth-order valence-electron chi connectivity index (χ4n) is 2.76. The summed E-state index contributed by atoms with van der Waals surface area (Å²) in [5.41, 5.74) is -0.390. The van der Waals surface area contributed by atoms with E-state index >= 15 is 0 Å². The second-order valence-electron chi connectivity index (χ2n) is 6.16. The molecule has 0 spiro atoms. The van der Waals surface area contributed by atoms with Crippen LogP contribution in [0.2, 0.25) is 5.02 Å². The number of rotatable bonds is 5. The van der Waals surface area contributed by atoms with Crippen molar-refractivity contribution in [3.05, 3.63) is 82.4 Å². The van der Waals surface area contributed by atoms with E-state index < -0.39 is 54.4 Å². The molecule has 0 aromatic heterocycles. The van der Waals surface area contributed by atoms with E-state index in [2.05, 4.69) is 0 Å². The maximum absolute atomic E-state index is 14.3. The molecule has 0 aliphatic heterocycles. The third kappa shape index (κ3) is 4.23. The summed E-state index contributed by atoms with van der Waals surface area (Å²) in [7, 11) is -4.42. The molecule has 3 aromatic rings. The van der Waals surface area contributed by atoms with Gasteiger partial charge in [0.15, 0.2) is 15.6 Å². The van der Waals surface area contributed by atoms with E-state index in [0.717, 1.165) is 18.2 Å². The van der Waals surface area contributed by atoms with Crippen molar-refractivity contribution in [3.63, 3.8) is 0 Å². The molecule has 0 saturated carbocycles. The molecular formula is C20H13ClF2O5S. The Balaban J connectivity index is 2.09. The molecule has 29 heavy (non-hydrogen) atoms. The number of halogens is 3. The molecule has 0 atom stereocenters. The topological polar surface area (TPSA) is 91.7 Å². The molecule has 5 nitrogen and oxygen atoms in total.